The number of halogens is 1. The lowest BCUT2D eigenvalue weighted by Gasteiger charge is -2.26. The minimum absolute atomic E-state index is 0.121. The number of pyridine rings is 1. The van der Waals surface area contributed by atoms with Crippen LogP contribution in [0, 0.1) is 0 Å². The number of aromatic nitrogens is 1. The van der Waals surface area contributed by atoms with Gasteiger partial charge in [-0.2, -0.15) is 0 Å². The average molecular weight is 476 g/mol. The van der Waals surface area contributed by atoms with Crippen LogP contribution in [0.4, 0.5) is 22.0 Å². The highest BCUT2D eigenvalue weighted by molar-refractivity contribution is 6.33. The van der Waals surface area contributed by atoms with E-state index >= 15 is 0 Å². The van der Waals surface area contributed by atoms with E-state index in [9.17, 15) is 9.59 Å². The van der Waals surface area contributed by atoms with Crippen LogP contribution in [0.3, 0.4) is 0 Å². The molecule has 2 amide bonds. The van der Waals surface area contributed by atoms with Crippen LogP contribution in [0.2, 0.25) is 5.02 Å². The molecule has 0 aliphatic carbocycles. The number of nitrogen functional groups attached to an aromatic ring is 1. The van der Waals surface area contributed by atoms with Crippen molar-refractivity contribution in [3.8, 4) is 0 Å². The van der Waals surface area contributed by atoms with Crippen molar-refractivity contribution in [1.82, 2.24) is 9.88 Å². The van der Waals surface area contributed by atoms with Crippen molar-refractivity contribution < 1.29 is 19.1 Å². The second kappa shape index (κ2) is 11.2. The van der Waals surface area contributed by atoms with Crippen LogP contribution in [0.5, 0.6) is 0 Å². The second-order valence-electron chi connectivity index (χ2n) is 7.69. The minimum atomic E-state index is -0.412. The fraction of sp³-hybridized carbons (Fsp3) is 0.435. The van der Waals surface area contributed by atoms with Crippen molar-refractivity contribution in [1.29, 1.82) is 0 Å². The quantitative estimate of drug-likeness (QED) is 0.562. The Kier molecular flexibility index (Phi) is 8.35. The highest BCUT2D eigenvalue weighted by Crippen LogP contribution is 2.26. The fourth-order valence-corrected chi connectivity index (χ4v) is 3.90. The number of nitrogens with zero attached hydrogens (tertiary/aromatic N) is 4. The van der Waals surface area contributed by atoms with Gasteiger partial charge in [-0.05, 0) is 44.2 Å². The third-order valence-corrected chi connectivity index (χ3v) is 5.72. The first kappa shape index (κ1) is 24.6. The van der Waals surface area contributed by atoms with Gasteiger partial charge in [0.2, 0.25) is 0 Å². The van der Waals surface area contributed by atoms with Crippen molar-refractivity contribution in [3.05, 3.63) is 47.1 Å². The van der Waals surface area contributed by atoms with E-state index in [1.54, 1.807) is 53.4 Å². The third kappa shape index (κ3) is 5.85. The van der Waals surface area contributed by atoms with Gasteiger partial charge in [-0.3, -0.25) is 9.69 Å². The molecule has 2 aromatic rings. The van der Waals surface area contributed by atoms with Gasteiger partial charge < -0.3 is 25.0 Å². The van der Waals surface area contributed by atoms with Gasteiger partial charge in [0.05, 0.1) is 29.6 Å². The van der Waals surface area contributed by atoms with Gasteiger partial charge in [0.1, 0.15) is 12.4 Å². The molecule has 9 nitrogen and oxygen atoms in total. The summed E-state index contributed by atoms with van der Waals surface area (Å²) in [6.45, 7) is 6.86. The number of likely N-dealkylation sites (N-methyl/N-ethyl adjacent to an activating group) is 2. The van der Waals surface area contributed by atoms with Crippen LogP contribution in [0.1, 0.15) is 24.2 Å². The van der Waals surface area contributed by atoms with Crippen LogP contribution >= 0.6 is 11.6 Å². The zero-order valence-corrected chi connectivity index (χ0v) is 19.9. The van der Waals surface area contributed by atoms with Crippen LogP contribution in [-0.2, 0) is 9.47 Å². The molecule has 2 heterocycles. The number of nitrogens with two attached hydrogens (primary N) is 1. The lowest BCUT2D eigenvalue weighted by Crippen LogP contribution is -2.37. The average Bonchev–Trinajstić information content (AvgIpc) is 3.18. The van der Waals surface area contributed by atoms with Crippen molar-refractivity contribution in [3.63, 3.8) is 0 Å². The fourth-order valence-electron chi connectivity index (χ4n) is 3.60. The summed E-state index contributed by atoms with van der Waals surface area (Å²) in [5.41, 5.74) is 7.43. The Balaban J connectivity index is 1.62. The molecule has 1 fully saturated rings. The molecule has 3 rings (SSSR count). The third-order valence-electron chi connectivity index (χ3n) is 5.44. The molecule has 0 saturated carbocycles. The summed E-state index contributed by atoms with van der Waals surface area (Å²) in [6, 6.07) is 8.42. The Morgan fingerprint density at radius 2 is 2.03 bits per heavy atom. The lowest BCUT2D eigenvalue weighted by atomic mass is 10.1. The number of carbonyl (C=O) groups is 2. The molecule has 1 aliphatic rings. The van der Waals surface area contributed by atoms with E-state index < -0.39 is 6.09 Å². The maximum atomic E-state index is 12.9. The van der Waals surface area contributed by atoms with Crippen LogP contribution in [0.15, 0.2) is 36.5 Å². The Morgan fingerprint density at radius 3 is 2.67 bits per heavy atom. The van der Waals surface area contributed by atoms with E-state index in [0.717, 1.165) is 0 Å². The first-order valence-electron chi connectivity index (χ1n) is 10.9. The number of anilines is 3. The van der Waals surface area contributed by atoms with Gasteiger partial charge in [-0.25, -0.2) is 9.78 Å². The maximum absolute atomic E-state index is 12.9. The molecule has 2 N–H and O–H groups in total. The minimum Gasteiger partial charge on any atom is -0.447 e. The Bertz CT molecular complexity index is 972. The van der Waals surface area contributed by atoms with E-state index in [0.29, 0.717) is 60.6 Å². The standard InChI is InChI=1S/C23H30ClN5O4/c1-4-28(21-20(24)12-17(25)13-26-21)11-10-27(3)22(30)16-6-8-18(9-7-16)29-19(14-32-5-2)15-33-23(29)31/h6-9,12-13,19H,4-5,10-11,14-15,25H2,1-3H3/t19-/m1/s1. The van der Waals surface area contributed by atoms with E-state index in [1.807, 2.05) is 18.7 Å². The molecule has 1 aromatic heterocycles. The van der Waals surface area contributed by atoms with E-state index in [2.05, 4.69) is 4.98 Å². The van der Waals surface area contributed by atoms with Crippen LogP contribution in [-0.4, -0.2) is 74.4 Å². The maximum Gasteiger partial charge on any atom is 0.414 e. The molecule has 1 aliphatic heterocycles. The summed E-state index contributed by atoms with van der Waals surface area (Å²) in [5.74, 6) is 0.515. The molecule has 0 radical (unpaired) electrons. The van der Waals surface area contributed by atoms with Gasteiger partial charge in [0.15, 0.2) is 0 Å². The summed E-state index contributed by atoms with van der Waals surface area (Å²) in [4.78, 5) is 34.6. The predicted molar refractivity (Wildman–Crippen MR) is 129 cm³/mol. The van der Waals surface area contributed by atoms with Gasteiger partial charge in [-0.1, -0.05) is 11.6 Å². The number of cyclic esters (lactones) is 1. The summed E-state index contributed by atoms with van der Waals surface area (Å²) < 4.78 is 10.6. The Labute approximate surface area is 199 Å². The van der Waals surface area contributed by atoms with E-state index in [-0.39, 0.29) is 18.6 Å². The zero-order chi connectivity index (χ0) is 24.0. The number of ether oxygens (including phenoxy) is 2. The van der Waals surface area contributed by atoms with Gasteiger partial charge in [0.25, 0.3) is 5.91 Å². The van der Waals surface area contributed by atoms with Crippen molar-refractivity contribution >= 4 is 40.8 Å². The first-order valence-corrected chi connectivity index (χ1v) is 11.3. The van der Waals surface area contributed by atoms with E-state index in [1.165, 1.54) is 0 Å². The molecule has 0 bridgehead atoms. The SMILES string of the molecule is CCOC[C@@H]1COC(=O)N1c1ccc(C(=O)N(C)CCN(CC)c2ncc(N)cc2Cl)cc1. The molecule has 178 valence electrons. The van der Waals surface area contributed by atoms with Crippen molar-refractivity contribution in [2.75, 3.05) is 62.0 Å². The summed E-state index contributed by atoms with van der Waals surface area (Å²) in [6.07, 6.45) is 1.15. The molecule has 10 heteroatoms. The Hall–Kier alpha value is -3.04. The molecule has 1 saturated heterocycles. The molecule has 33 heavy (non-hydrogen) atoms. The van der Waals surface area contributed by atoms with Gasteiger partial charge >= 0.3 is 6.09 Å². The summed E-state index contributed by atoms with van der Waals surface area (Å²) >= 11 is 6.28. The van der Waals surface area contributed by atoms with Crippen LogP contribution < -0.4 is 15.5 Å². The number of hydrogen-bond donors (Lipinski definition) is 1. The zero-order valence-electron chi connectivity index (χ0n) is 19.2. The molecule has 1 atom stereocenters. The van der Waals surface area contributed by atoms with Gasteiger partial charge in [-0.15, -0.1) is 0 Å². The predicted octanol–water partition coefficient (Wildman–Crippen LogP) is 3.28. The number of rotatable bonds is 10. The van der Waals surface area contributed by atoms with Crippen LogP contribution in [0.25, 0.3) is 0 Å². The molecule has 1 aromatic carbocycles. The van der Waals surface area contributed by atoms with Crippen molar-refractivity contribution in [2.45, 2.75) is 19.9 Å². The normalized spacial score (nSPS) is 15.5. The van der Waals surface area contributed by atoms with Crippen molar-refractivity contribution in [2.24, 2.45) is 0 Å². The topological polar surface area (TPSA) is 101 Å². The second-order valence-corrected chi connectivity index (χ2v) is 8.09. The summed E-state index contributed by atoms with van der Waals surface area (Å²) in [5, 5.41) is 0.476. The highest BCUT2D eigenvalue weighted by Gasteiger charge is 2.34. The monoisotopic (exact) mass is 475 g/mol. The number of hydrogen-bond acceptors (Lipinski definition) is 7. The summed E-state index contributed by atoms with van der Waals surface area (Å²) in [7, 11) is 1.75. The highest BCUT2D eigenvalue weighted by atomic mass is 35.5. The van der Waals surface area contributed by atoms with Gasteiger partial charge in [0, 0.05) is 44.5 Å². The molecule has 0 unspecified atom stereocenters. The smallest absolute Gasteiger partial charge is 0.414 e. The number of carbonyl (C=O) groups excluding carboxylic acids is 2. The first-order chi connectivity index (χ1) is 15.8. The molecular formula is C23H30ClN5O4. The van der Waals surface area contributed by atoms with E-state index in [4.69, 9.17) is 26.8 Å². The number of amides is 2. The Morgan fingerprint density at radius 1 is 1.30 bits per heavy atom. The molecular weight excluding hydrogens is 446 g/mol. The lowest BCUT2D eigenvalue weighted by molar-refractivity contribution is 0.0798. The molecule has 0 spiro atoms. The number of benzene rings is 1. The largest absolute Gasteiger partial charge is 0.447 e.